The number of anilines is 1. The van der Waals surface area contributed by atoms with Crippen LogP contribution in [0, 0.1) is 0 Å². The van der Waals surface area contributed by atoms with Crippen LogP contribution in [0.2, 0.25) is 0 Å². The summed E-state index contributed by atoms with van der Waals surface area (Å²) >= 11 is 2.60. The van der Waals surface area contributed by atoms with Gasteiger partial charge in [-0.3, -0.25) is 10.1 Å². The lowest BCUT2D eigenvalue weighted by Crippen LogP contribution is -2.14. The second kappa shape index (κ2) is 8.03. The van der Waals surface area contributed by atoms with Crippen molar-refractivity contribution in [2.24, 2.45) is 0 Å². The lowest BCUT2D eigenvalue weighted by atomic mass is 10.3. The van der Waals surface area contributed by atoms with E-state index >= 15 is 0 Å². The third-order valence-electron chi connectivity index (χ3n) is 3.09. The van der Waals surface area contributed by atoms with E-state index in [1.54, 1.807) is 11.8 Å². The first-order valence-corrected chi connectivity index (χ1v) is 9.17. The van der Waals surface area contributed by atoms with E-state index in [0.29, 0.717) is 16.0 Å². The van der Waals surface area contributed by atoms with Crippen molar-refractivity contribution in [3.8, 4) is 11.4 Å². The van der Waals surface area contributed by atoms with Crippen LogP contribution in [0.1, 0.15) is 11.9 Å². The van der Waals surface area contributed by atoms with E-state index in [4.69, 9.17) is 4.74 Å². The van der Waals surface area contributed by atoms with Crippen molar-refractivity contribution < 1.29 is 9.53 Å². The molecule has 2 aromatic heterocycles. The van der Waals surface area contributed by atoms with Crippen LogP contribution in [0.15, 0.2) is 29.4 Å². The standard InChI is InChI=1S/C14H15N7O2S2/c1-3-12-16-17-13(25-12)15-11(22)8-24-14-18-19-20-21(14)9-5-4-6-10(7-9)23-2/h4-7H,3,8H2,1-2H3,(H,15,17,22). The molecule has 2 heterocycles. The Hall–Kier alpha value is -2.53. The van der Waals surface area contributed by atoms with Crippen molar-refractivity contribution in [2.75, 3.05) is 18.2 Å². The van der Waals surface area contributed by atoms with Crippen LogP contribution >= 0.6 is 23.1 Å². The van der Waals surface area contributed by atoms with Gasteiger partial charge in [-0.15, -0.1) is 15.3 Å². The number of tetrazole rings is 1. The number of nitrogens with zero attached hydrogens (tertiary/aromatic N) is 6. The number of aryl methyl sites for hydroxylation is 1. The molecule has 0 aliphatic rings. The number of carbonyl (C=O) groups is 1. The number of amides is 1. The van der Waals surface area contributed by atoms with Gasteiger partial charge in [0, 0.05) is 6.07 Å². The van der Waals surface area contributed by atoms with Crippen molar-refractivity contribution in [2.45, 2.75) is 18.5 Å². The largest absolute Gasteiger partial charge is 0.497 e. The number of benzene rings is 1. The molecule has 0 saturated heterocycles. The highest BCUT2D eigenvalue weighted by Gasteiger charge is 2.13. The number of thioether (sulfide) groups is 1. The maximum Gasteiger partial charge on any atom is 0.236 e. The van der Waals surface area contributed by atoms with E-state index in [0.717, 1.165) is 17.1 Å². The third kappa shape index (κ3) is 4.31. The predicted molar refractivity (Wildman–Crippen MR) is 94.3 cm³/mol. The van der Waals surface area contributed by atoms with Crippen LogP contribution in [0.5, 0.6) is 5.75 Å². The Balaban J connectivity index is 1.64. The number of nitrogens with one attached hydrogen (secondary N) is 1. The molecular weight excluding hydrogens is 362 g/mol. The minimum absolute atomic E-state index is 0.158. The van der Waals surface area contributed by atoms with Gasteiger partial charge in [0.05, 0.1) is 18.6 Å². The smallest absolute Gasteiger partial charge is 0.236 e. The topological polar surface area (TPSA) is 108 Å². The van der Waals surface area contributed by atoms with Crippen molar-refractivity contribution in [1.82, 2.24) is 30.4 Å². The van der Waals surface area contributed by atoms with Gasteiger partial charge in [-0.2, -0.15) is 4.68 Å². The molecule has 1 N–H and O–H groups in total. The second-order valence-electron chi connectivity index (χ2n) is 4.77. The maximum atomic E-state index is 12.1. The molecule has 0 saturated carbocycles. The maximum absolute atomic E-state index is 12.1. The average molecular weight is 377 g/mol. The van der Waals surface area contributed by atoms with E-state index in [-0.39, 0.29) is 11.7 Å². The first-order chi connectivity index (χ1) is 12.2. The van der Waals surface area contributed by atoms with Gasteiger partial charge in [-0.05, 0) is 29.0 Å². The van der Waals surface area contributed by atoms with Gasteiger partial charge in [-0.1, -0.05) is 36.1 Å². The number of carbonyl (C=O) groups excluding carboxylic acids is 1. The number of aromatic nitrogens is 6. The van der Waals surface area contributed by atoms with Crippen LogP contribution in [-0.2, 0) is 11.2 Å². The Morgan fingerprint density at radius 3 is 3.00 bits per heavy atom. The van der Waals surface area contributed by atoms with E-state index in [2.05, 4.69) is 31.0 Å². The van der Waals surface area contributed by atoms with Gasteiger partial charge < -0.3 is 4.74 Å². The summed E-state index contributed by atoms with van der Waals surface area (Å²) in [4.78, 5) is 12.1. The van der Waals surface area contributed by atoms with Crippen LogP contribution in [0.3, 0.4) is 0 Å². The summed E-state index contributed by atoms with van der Waals surface area (Å²) in [6.45, 7) is 1.99. The Morgan fingerprint density at radius 1 is 1.36 bits per heavy atom. The molecule has 0 spiro atoms. The summed E-state index contributed by atoms with van der Waals surface area (Å²) in [6.07, 6.45) is 0.789. The van der Waals surface area contributed by atoms with E-state index in [9.17, 15) is 4.79 Å². The van der Waals surface area contributed by atoms with Crippen LogP contribution < -0.4 is 10.1 Å². The molecule has 0 atom stereocenters. The van der Waals surface area contributed by atoms with E-state index < -0.39 is 0 Å². The van der Waals surface area contributed by atoms with E-state index in [1.807, 2.05) is 31.2 Å². The highest BCUT2D eigenvalue weighted by atomic mass is 32.2. The van der Waals surface area contributed by atoms with Gasteiger partial charge in [0.1, 0.15) is 10.8 Å². The third-order valence-corrected chi connectivity index (χ3v) is 4.99. The highest BCUT2D eigenvalue weighted by Crippen LogP contribution is 2.22. The van der Waals surface area contributed by atoms with Crippen molar-refractivity contribution >= 4 is 34.1 Å². The monoisotopic (exact) mass is 377 g/mol. The zero-order valence-corrected chi connectivity index (χ0v) is 15.2. The van der Waals surface area contributed by atoms with Crippen molar-refractivity contribution in [3.05, 3.63) is 29.3 Å². The Kier molecular flexibility index (Phi) is 5.56. The zero-order valence-electron chi connectivity index (χ0n) is 13.5. The molecule has 1 aromatic carbocycles. The molecule has 11 heteroatoms. The molecule has 0 aliphatic carbocycles. The van der Waals surface area contributed by atoms with E-state index in [1.165, 1.54) is 23.1 Å². The first-order valence-electron chi connectivity index (χ1n) is 7.37. The Morgan fingerprint density at radius 2 is 2.24 bits per heavy atom. The fourth-order valence-electron chi connectivity index (χ4n) is 1.91. The summed E-state index contributed by atoms with van der Waals surface area (Å²) in [5.74, 6) is 0.666. The fraction of sp³-hybridized carbons (Fsp3) is 0.286. The lowest BCUT2D eigenvalue weighted by Gasteiger charge is -2.06. The molecule has 0 radical (unpaired) electrons. The molecule has 9 nitrogen and oxygen atoms in total. The Bertz CT molecular complexity index is 864. The number of hydrogen-bond donors (Lipinski definition) is 1. The lowest BCUT2D eigenvalue weighted by molar-refractivity contribution is -0.113. The summed E-state index contributed by atoms with van der Waals surface area (Å²) in [5.41, 5.74) is 0.754. The number of methoxy groups -OCH3 is 1. The van der Waals surface area contributed by atoms with Crippen molar-refractivity contribution in [3.63, 3.8) is 0 Å². The summed E-state index contributed by atoms with van der Waals surface area (Å²) < 4.78 is 6.76. The Labute approximate surface area is 151 Å². The van der Waals surface area contributed by atoms with Crippen LogP contribution in [0.4, 0.5) is 5.13 Å². The number of ether oxygens (including phenoxy) is 1. The second-order valence-corrected chi connectivity index (χ2v) is 6.77. The molecule has 3 rings (SSSR count). The normalized spacial score (nSPS) is 10.6. The average Bonchev–Trinajstić information content (AvgIpc) is 3.29. The minimum atomic E-state index is -0.191. The molecule has 0 bridgehead atoms. The van der Waals surface area contributed by atoms with Gasteiger partial charge in [0.25, 0.3) is 0 Å². The summed E-state index contributed by atoms with van der Waals surface area (Å²) in [7, 11) is 1.59. The first kappa shape index (κ1) is 17.3. The van der Waals surface area contributed by atoms with Crippen molar-refractivity contribution in [1.29, 1.82) is 0 Å². The minimum Gasteiger partial charge on any atom is -0.497 e. The summed E-state index contributed by atoms with van der Waals surface area (Å²) in [6, 6.07) is 7.35. The molecular formula is C14H15N7O2S2. The van der Waals surface area contributed by atoms with Gasteiger partial charge in [0.2, 0.25) is 16.2 Å². The highest BCUT2D eigenvalue weighted by molar-refractivity contribution is 7.99. The van der Waals surface area contributed by atoms with Crippen LogP contribution in [0.25, 0.3) is 5.69 Å². The van der Waals surface area contributed by atoms with Gasteiger partial charge in [-0.25, -0.2) is 0 Å². The number of hydrogen-bond acceptors (Lipinski definition) is 9. The van der Waals surface area contributed by atoms with Gasteiger partial charge in [0.15, 0.2) is 0 Å². The zero-order chi connectivity index (χ0) is 17.6. The molecule has 25 heavy (non-hydrogen) atoms. The fourth-order valence-corrected chi connectivity index (χ4v) is 3.29. The summed E-state index contributed by atoms with van der Waals surface area (Å²) in [5, 5.41) is 24.1. The van der Waals surface area contributed by atoms with Gasteiger partial charge >= 0.3 is 0 Å². The SMILES string of the molecule is CCc1nnc(NC(=O)CSc2nnnn2-c2cccc(OC)c2)s1. The molecule has 0 aliphatic heterocycles. The van der Waals surface area contributed by atoms with Crippen LogP contribution in [-0.4, -0.2) is 49.2 Å². The molecule has 1 amide bonds. The molecule has 130 valence electrons. The number of rotatable bonds is 7. The predicted octanol–water partition coefficient (Wildman–Crippen LogP) is 1.82. The molecule has 3 aromatic rings. The molecule has 0 fully saturated rings. The molecule has 0 unspecified atom stereocenters. The quantitative estimate of drug-likeness (QED) is 0.621.